The standard InChI is InChI=1S/C27H26N2O3/c30-26(31)16-18-6-8-19(9-7-18)20-10-12-21(13-11-20)22-14-15-25-24(17-22)29-27(32-25)28-23-4-2-1-3-5-23/h1-5,10-15,17-19H,6-9,16H2,(H,28,29)(H,30,31). The molecular weight excluding hydrogens is 400 g/mol. The van der Waals surface area contributed by atoms with E-state index in [0.29, 0.717) is 24.3 Å². The molecule has 1 fully saturated rings. The number of anilines is 2. The third kappa shape index (κ3) is 4.52. The van der Waals surface area contributed by atoms with Crippen molar-refractivity contribution in [2.45, 2.75) is 38.0 Å². The normalized spacial score (nSPS) is 18.5. The summed E-state index contributed by atoms with van der Waals surface area (Å²) in [6.07, 6.45) is 4.44. The van der Waals surface area contributed by atoms with Gasteiger partial charge >= 0.3 is 5.97 Å². The number of aromatic nitrogens is 1. The smallest absolute Gasteiger partial charge is 0.303 e. The highest BCUT2D eigenvalue weighted by molar-refractivity contribution is 5.82. The molecule has 5 heteroatoms. The van der Waals surface area contributed by atoms with E-state index in [4.69, 9.17) is 9.52 Å². The van der Waals surface area contributed by atoms with Crippen molar-refractivity contribution in [1.29, 1.82) is 0 Å². The third-order valence-electron chi connectivity index (χ3n) is 6.44. The second kappa shape index (κ2) is 8.87. The summed E-state index contributed by atoms with van der Waals surface area (Å²) in [7, 11) is 0. The van der Waals surface area contributed by atoms with Gasteiger partial charge in [0.25, 0.3) is 6.01 Å². The summed E-state index contributed by atoms with van der Waals surface area (Å²) in [5.41, 5.74) is 6.11. The van der Waals surface area contributed by atoms with Crippen LogP contribution < -0.4 is 5.32 Å². The molecule has 1 saturated carbocycles. The Morgan fingerprint density at radius 2 is 1.66 bits per heavy atom. The Hall–Kier alpha value is -3.60. The number of benzene rings is 3. The zero-order valence-electron chi connectivity index (χ0n) is 17.8. The van der Waals surface area contributed by atoms with Gasteiger partial charge in [-0.2, -0.15) is 4.98 Å². The van der Waals surface area contributed by atoms with Gasteiger partial charge < -0.3 is 14.8 Å². The maximum Gasteiger partial charge on any atom is 0.303 e. The first-order valence-corrected chi connectivity index (χ1v) is 11.2. The zero-order valence-corrected chi connectivity index (χ0v) is 17.8. The van der Waals surface area contributed by atoms with Gasteiger partial charge in [0.05, 0.1) is 0 Å². The van der Waals surface area contributed by atoms with Gasteiger partial charge in [-0.05, 0) is 78.5 Å². The number of nitrogens with one attached hydrogen (secondary N) is 1. The number of carboxylic acid groups (broad SMARTS) is 1. The molecule has 0 saturated heterocycles. The number of hydrogen-bond acceptors (Lipinski definition) is 4. The first-order chi connectivity index (χ1) is 15.6. The average molecular weight is 427 g/mol. The Balaban J connectivity index is 1.28. The van der Waals surface area contributed by atoms with Gasteiger partial charge in [0.1, 0.15) is 5.52 Å². The molecule has 162 valence electrons. The predicted octanol–water partition coefficient (Wildman–Crippen LogP) is 6.99. The van der Waals surface area contributed by atoms with Crippen molar-refractivity contribution in [1.82, 2.24) is 4.98 Å². The molecule has 1 aromatic heterocycles. The molecule has 0 unspecified atom stereocenters. The van der Waals surface area contributed by atoms with Crippen molar-refractivity contribution in [3.05, 3.63) is 78.4 Å². The Morgan fingerprint density at radius 1 is 0.938 bits per heavy atom. The van der Waals surface area contributed by atoms with Crippen LogP contribution in [0, 0.1) is 5.92 Å². The number of oxazole rings is 1. The molecule has 1 aliphatic carbocycles. The molecule has 0 radical (unpaired) electrons. The van der Waals surface area contributed by atoms with Crippen LogP contribution in [0.2, 0.25) is 0 Å². The number of carboxylic acids is 1. The highest BCUT2D eigenvalue weighted by Gasteiger charge is 2.24. The van der Waals surface area contributed by atoms with Crippen LogP contribution in [0.5, 0.6) is 0 Å². The first kappa shape index (κ1) is 20.3. The van der Waals surface area contributed by atoms with E-state index in [1.165, 1.54) is 5.56 Å². The summed E-state index contributed by atoms with van der Waals surface area (Å²) >= 11 is 0. The summed E-state index contributed by atoms with van der Waals surface area (Å²) in [5, 5.41) is 12.2. The van der Waals surface area contributed by atoms with Crippen molar-refractivity contribution >= 4 is 28.8 Å². The number of para-hydroxylation sites is 1. The van der Waals surface area contributed by atoms with Gasteiger partial charge in [-0.1, -0.05) is 48.5 Å². The predicted molar refractivity (Wildman–Crippen MR) is 126 cm³/mol. The maximum absolute atomic E-state index is 10.9. The monoisotopic (exact) mass is 426 g/mol. The number of hydrogen-bond donors (Lipinski definition) is 2. The van der Waals surface area contributed by atoms with E-state index in [1.807, 2.05) is 36.4 Å². The van der Waals surface area contributed by atoms with Gasteiger partial charge in [0.15, 0.2) is 5.58 Å². The topological polar surface area (TPSA) is 75.4 Å². The SMILES string of the molecule is O=C(O)CC1CCC(c2ccc(-c3ccc4oc(Nc5ccccc5)nc4c3)cc2)CC1. The van der Waals surface area contributed by atoms with Crippen LogP contribution in [0.25, 0.3) is 22.2 Å². The summed E-state index contributed by atoms with van der Waals surface area (Å²) in [6, 6.07) is 25.2. The summed E-state index contributed by atoms with van der Waals surface area (Å²) in [5.74, 6) is 0.182. The number of rotatable bonds is 6. The molecule has 1 heterocycles. The molecule has 0 atom stereocenters. The average Bonchev–Trinajstić information content (AvgIpc) is 3.21. The van der Waals surface area contributed by atoms with Crippen LogP contribution in [0.1, 0.15) is 43.6 Å². The second-order valence-corrected chi connectivity index (χ2v) is 8.63. The van der Waals surface area contributed by atoms with E-state index in [9.17, 15) is 4.79 Å². The van der Waals surface area contributed by atoms with Crippen molar-refractivity contribution in [3.8, 4) is 11.1 Å². The van der Waals surface area contributed by atoms with E-state index in [0.717, 1.165) is 53.6 Å². The molecule has 1 aliphatic rings. The molecule has 2 N–H and O–H groups in total. The maximum atomic E-state index is 10.9. The molecule has 0 aliphatic heterocycles. The fourth-order valence-corrected chi connectivity index (χ4v) is 4.70. The fraction of sp³-hybridized carbons (Fsp3) is 0.259. The number of aliphatic carboxylic acids is 1. The number of carbonyl (C=O) groups is 1. The molecule has 0 bridgehead atoms. The quantitative estimate of drug-likeness (QED) is 0.348. The third-order valence-corrected chi connectivity index (χ3v) is 6.44. The minimum absolute atomic E-state index is 0.304. The minimum atomic E-state index is -0.676. The molecule has 5 rings (SSSR count). The van der Waals surface area contributed by atoms with Crippen LogP contribution in [0.3, 0.4) is 0 Å². The Bertz CT molecular complexity index is 1210. The van der Waals surface area contributed by atoms with Crippen LogP contribution in [-0.2, 0) is 4.79 Å². The number of fused-ring (bicyclic) bond motifs is 1. The fourth-order valence-electron chi connectivity index (χ4n) is 4.70. The Kier molecular flexibility index (Phi) is 5.63. The highest BCUT2D eigenvalue weighted by Crippen LogP contribution is 2.38. The Morgan fingerprint density at radius 3 is 2.38 bits per heavy atom. The molecule has 3 aromatic carbocycles. The van der Waals surface area contributed by atoms with Crippen molar-refractivity contribution < 1.29 is 14.3 Å². The van der Waals surface area contributed by atoms with Gasteiger partial charge in [-0.15, -0.1) is 0 Å². The van der Waals surface area contributed by atoms with Gasteiger partial charge in [-0.3, -0.25) is 4.79 Å². The van der Waals surface area contributed by atoms with Crippen molar-refractivity contribution in [2.75, 3.05) is 5.32 Å². The zero-order chi connectivity index (χ0) is 21.9. The molecule has 4 aromatic rings. The van der Waals surface area contributed by atoms with Crippen LogP contribution in [-0.4, -0.2) is 16.1 Å². The van der Waals surface area contributed by atoms with Gasteiger partial charge in [0.2, 0.25) is 0 Å². The second-order valence-electron chi connectivity index (χ2n) is 8.63. The van der Waals surface area contributed by atoms with Crippen LogP contribution in [0.15, 0.2) is 77.2 Å². The van der Waals surface area contributed by atoms with E-state index in [1.54, 1.807) is 0 Å². The van der Waals surface area contributed by atoms with Gasteiger partial charge in [-0.25, -0.2) is 0 Å². The molecule has 32 heavy (non-hydrogen) atoms. The lowest BCUT2D eigenvalue weighted by atomic mass is 9.77. The van der Waals surface area contributed by atoms with Crippen LogP contribution >= 0.6 is 0 Å². The van der Waals surface area contributed by atoms with E-state index in [2.05, 4.69) is 46.7 Å². The molecular formula is C27H26N2O3. The number of nitrogens with zero attached hydrogens (tertiary/aromatic N) is 1. The largest absolute Gasteiger partial charge is 0.481 e. The van der Waals surface area contributed by atoms with Gasteiger partial charge in [0, 0.05) is 12.1 Å². The van der Waals surface area contributed by atoms with Crippen LogP contribution in [0.4, 0.5) is 11.7 Å². The van der Waals surface area contributed by atoms with E-state index >= 15 is 0 Å². The molecule has 0 amide bonds. The highest BCUT2D eigenvalue weighted by atomic mass is 16.4. The lowest BCUT2D eigenvalue weighted by Gasteiger charge is -2.28. The first-order valence-electron chi connectivity index (χ1n) is 11.2. The van der Waals surface area contributed by atoms with Crippen molar-refractivity contribution in [3.63, 3.8) is 0 Å². The Labute approximate surface area is 187 Å². The summed E-state index contributed by atoms with van der Waals surface area (Å²) in [4.78, 5) is 15.5. The lowest BCUT2D eigenvalue weighted by molar-refractivity contribution is -0.138. The van der Waals surface area contributed by atoms with E-state index < -0.39 is 5.97 Å². The summed E-state index contributed by atoms with van der Waals surface area (Å²) < 4.78 is 5.83. The molecule has 0 spiro atoms. The van der Waals surface area contributed by atoms with Crippen molar-refractivity contribution in [2.24, 2.45) is 5.92 Å². The molecule has 5 nitrogen and oxygen atoms in total. The lowest BCUT2D eigenvalue weighted by Crippen LogP contribution is -2.16. The summed E-state index contributed by atoms with van der Waals surface area (Å²) in [6.45, 7) is 0. The van der Waals surface area contributed by atoms with E-state index in [-0.39, 0.29) is 0 Å². The minimum Gasteiger partial charge on any atom is -0.481 e.